The van der Waals surface area contributed by atoms with E-state index in [1.54, 1.807) is 43.4 Å². The van der Waals surface area contributed by atoms with Gasteiger partial charge in [0.15, 0.2) is 23.0 Å². The van der Waals surface area contributed by atoms with E-state index in [0.717, 1.165) is 25.9 Å². The van der Waals surface area contributed by atoms with E-state index in [0.29, 0.717) is 58.9 Å². The first-order valence-corrected chi connectivity index (χ1v) is 17.9. The van der Waals surface area contributed by atoms with Crippen LogP contribution < -0.4 is 30.7 Å². The number of ether oxygens (including phenoxy) is 2. The van der Waals surface area contributed by atoms with Gasteiger partial charge in [-0.2, -0.15) is 10.5 Å². The largest absolute Gasteiger partial charge is 0.633 e. The lowest BCUT2D eigenvalue weighted by Gasteiger charge is -2.43. The van der Waals surface area contributed by atoms with Crippen molar-refractivity contribution in [2.45, 2.75) is 37.9 Å². The van der Waals surface area contributed by atoms with E-state index in [4.69, 9.17) is 43.2 Å². The van der Waals surface area contributed by atoms with Gasteiger partial charge in [0.2, 0.25) is 0 Å². The van der Waals surface area contributed by atoms with Crippen molar-refractivity contribution in [3.63, 3.8) is 0 Å². The maximum Gasteiger partial charge on any atom is 0.325 e. The number of carbonyl (C=O) groups is 2. The molecular weight excluding hydrogens is 751 g/mol. The van der Waals surface area contributed by atoms with Gasteiger partial charge >= 0.3 is 12.1 Å². The minimum atomic E-state index is -0.557. The molecule has 19 heteroatoms. The summed E-state index contributed by atoms with van der Waals surface area (Å²) >= 11 is 12.1. The lowest BCUT2D eigenvalue weighted by molar-refractivity contribution is -0.866. The topological polar surface area (TPSA) is 226 Å². The fourth-order valence-electron chi connectivity index (χ4n) is 5.52. The van der Waals surface area contributed by atoms with Crippen molar-refractivity contribution in [2.24, 2.45) is 0 Å². The molecule has 17 nitrogen and oxygen atoms in total. The molecule has 0 bridgehead atoms. The van der Waals surface area contributed by atoms with Crippen LogP contribution in [-0.4, -0.2) is 94.0 Å². The Balaban J connectivity index is 0.000000211. The minimum absolute atomic E-state index is 0.0929. The van der Waals surface area contributed by atoms with Gasteiger partial charge < -0.3 is 34.9 Å². The molecule has 0 unspecified atom stereocenters. The van der Waals surface area contributed by atoms with E-state index in [2.05, 4.69) is 53.2 Å². The van der Waals surface area contributed by atoms with Crippen molar-refractivity contribution in [1.29, 1.82) is 10.5 Å². The normalized spacial score (nSPS) is 18.3. The quantitative estimate of drug-likeness (QED) is 0.115. The van der Waals surface area contributed by atoms with Gasteiger partial charge in [0.05, 0.1) is 56.3 Å². The Morgan fingerprint density at radius 1 is 0.745 bits per heavy atom. The van der Waals surface area contributed by atoms with Crippen LogP contribution in [0.2, 0.25) is 10.0 Å². The van der Waals surface area contributed by atoms with E-state index in [9.17, 15) is 14.8 Å². The smallest absolute Gasteiger partial charge is 0.325 e. The highest BCUT2D eigenvalue weighted by Crippen LogP contribution is 2.32. The molecule has 0 aliphatic carbocycles. The minimum Gasteiger partial charge on any atom is -0.633 e. The fraction of sp³-hybridized carbons (Fsp3) is 0.333. The highest BCUT2D eigenvalue weighted by atomic mass is 35.5. The summed E-state index contributed by atoms with van der Waals surface area (Å²) in [5, 5.41) is 40.8. The van der Waals surface area contributed by atoms with Crippen LogP contribution in [0.25, 0.3) is 0 Å². The number of quaternary nitrogens is 1. The lowest BCUT2D eigenvalue weighted by atomic mass is 10.1. The van der Waals surface area contributed by atoms with Crippen LogP contribution in [-0.2, 0) is 0 Å². The molecule has 2 aromatic heterocycles. The van der Waals surface area contributed by atoms with Gasteiger partial charge in [0, 0.05) is 36.0 Å². The van der Waals surface area contributed by atoms with Crippen LogP contribution in [0.1, 0.15) is 37.1 Å². The molecule has 4 amide bonds. The third-order valence-electron chi connectivity index (χ3n) is 8.50. The number of nitrogens with one attached hydrogen (secondary N) is 4. The number of carbonyl (C=O) groups excluding carboxylic acids is 2. The van der Waals surface area contributed by atoms with Gasteiger partial charge in [0.1, 0.15) is 35.8 Å². The number of rotatable bonds is 8. The monoisotopic (exact) mass is 788 g/mol. The zero-order chi connectivity index (χ0) is 39.4. The summed E-state index contributed by atoms with van der Waals surface area (Å²) < 4.78 is 11.8. The molecule has 0 spiro atoms. The van der Waals surface area contributed by atoms with E-state index in [1.165, 1.54) is 24.8 Å². The average molecular weight is 790 g/mol. The summed E-state index contributed by atoms with van der Waals surface area (Å²) in [6.07, 6.45) is 8.24. The molecule has 2 aromatic carbocycles. The van der Waals surface area contributed by atoms with Crippen LogP contribution in [0.3, 0.4) is 0 Å². The van der Waals surface area contributed by atoms with E-state index < -0.39 is 12.1 Å². The highest BCUT2D eigenvalue weighted by molar-refractivity contribution is 6.31. The second-order valence-electron chi connectivity index (χ2n) is 12.9. The second kappa shape index (κ2) is 19.0. The predicted molar refractivity (Wildman–Crippen MR) is 206 cm³/mol. The number of piperidine rings is 2. The first-order valence-electron chi connectivity index (χ1n) is 17.1. The number of aromatic nitrogens is 4. The maximum atomic E-state index is 12.3. The molecular formula is C36H38Cl2N12O5. The number of hydrogen-bond acceptors (Lipinski definition) is 12. The summed E-state index contributed by atoms with van der Waals surface area (Å²) in [5.74, 6) is 1.46. The Morgan fingerprint density at radius 2 is 1.18 bits per heavy atom. The van der Waals surface area contributed by atoms with Crippen LogP contribution in [0.5, 0.6) is 11.5 Å². The summed E-state index contributed by atoms with van der Waals surface area (Å²) in [7, 11) is 3.74. The number of urea groups is 2. The standard InChI is InChI=1S/C18H19ClN6O3.C18H19ClN6O2/c1-25(27)6-4-14(5-7-25)28-16-3-2-12(19)8-15(16)23-18(26)24-17-11-21-13(9-20)10-22-17;1-25-6-4-14(5-7-25)27-16-3-2-12(19)8-15(16)23-18(26)24-17-11-21-13(9-20)10-22-17/h2-3,8,10-11,14H,4-7H2,1H3,(H2,22,23,24,26);2-3,8,10-11,14H,4-7H2,1H3,(H2,22,23,24,26). The third-order valence-corrected chi connectivity index (χ3v) is 8.97. The Hall–Kier alpha value is -5.82. The predicted octanol–water partition coefficient (Wildman–Crippen LogP) is 6.25. The SMILES string of the molecule is CN1CCC(Oc2ccc(Cl)cc2NC(=O)Nc2cnc(C#N)cn2)CC1.C[N+]1([O-])CCC(Oc2ccc(Cl)cc2NC(=O)Nc2cnc(C#N)cn2)CC1. The molecule has 2 saturated heterocycles. The van der Waals surface area contributed by atoms with Crippen molar-refractivity contribution in [1.82, 2.24) is 24.8 Å². The first kappa shape index (κ1) is 40.4. The van der Waals surface area contributed by atoms with Gasteiger partial charge in [-0.05, 0) is 56.3 Å². The van der Waals surface area contributed by atoms with Crippen LogP contribution >= 0.6 is 23.2 Å². The number of hydroxylamine groups is 3. The summed E-state index contributed by atoms with van der Waals surface area (Å²) in [6, 6.07) is 12.7. The number of likely N-dealkylation sites (tertiary alicyclic amines) is 2. The van der Waals surface area contributed by atoms with Gasteiger partial charge in [-0.15, -0.1) is 0 Å². The fourth-order valence-corrected chi connectivity index (χ4v) is 5.86. The number of amides is 4. The molecule has 4 heterocycles. The van der Waals surface area contributed by atoms with Crippen LogP contribution in [0.15, 0.2) is 61.2 Å². The number of nitrogens with zero attached hydrogens (tertiary/aromatic N) is 8. The zero-order valence-corrected chi connectivity index (χ0v) is 31.5. The molecule has 0 atom stereocenters. The molecule has 0 saturated carbocycles. The van der Waals surface area contributed by atoms with Crippen molar-refractivity contribution in [3.8, 4) is 23.6 Å². The van der Waals surface area contributed by atoms with Gasteiger partial charge in [-0.1, -0.05) is 23.2 Å². The van der Waals surface area contributed by atoms with Crippen molar-refractivity contribution in [2.75, 3.05) is 61.5 Å². The van der Waals surface area contributed by atoms with Gasteiger partial charge in [0.25, 0.3) is 0 Å². The summed E-state index contributed by atoms with van der Waals surface area (Å²) in [4.78, 5) is 42.4. The Morgan fingerprint density at radius 3 is 1.58 bits per heavy atom. The van der Waals surface area contributed by atoms with Gasteiger partial charge in [-0.3, -0.25) is 10.6 Å². The first-order chi connectivity index (χ1) is 26.4. The highest BCUT2D eigenvalue weighted by Gasteiger charge is 2.26. The van der Waals surface area contributed by atoms with Crippen molar-refractivity contribution >= 4 is 58.3 Å². The lowest BCUT2D eigenvalue weighted by Crippen LogP contribution is -2.47. The molecule has 286 valence electrons. The third kappa shape index (κ3) is 12.6. The Bertz CT molecular complexity index is 2020. The number of halogens is 2. The Kier molecular flexibility index (Phi) is 13.9. The number of hydrogen-bond donors (Lipinski definition) is 4. The second-order valence-corrected chi connectivity index (χ2v) is 13.8. The summed E-state index contributed by atoms with van der Waals surface area (Å²) in [6.45, 7) is 2.91. The molecule has 55 heavy (non-hydrogen) atoms. The molecule has 2 aliphatic heterocycles. The number of anilines is 4. The van der Waals surface area contributed by atoms with Crippen LogP contribution in [0.4, 0.5) is 32.6 Å². The van der Waals surface area contributed by atoms with Gasteiger partial charge in [-0.25, -0.2) is 29.5 Å². The number of benzene rings is 2. The van der Waals surface area contributed by atoms with E-state index in [-0.39, 0.29) is 39.9 Å². The Labute approximate surface area is 327 Å². The van der Waals surface area contributed by atoms with Crippen LogP contribution in [0, 0.1) is 27.9 Å². The maximum absolute atomic E-state index is 12.3. The molecule has 4 N–H and O–H groups in total. The zero-order valence-electron chi connectivity index (χ0n) is 30.0. The molecule has 2 fully saturated rings. The van der Waals surface area contributed by atoms with Crippen molar-refractivity contribution in [3.05, 3.63) is 87.8 Å². The van der Waals surface area contributed by atoms with Crippen molar-refractivity contribution < 1.29 is 23.7 Å². The molecule has 6 rings (SSSR count). The number of nitriles is 2. The molecule has 2 aliphatic rings. The van der Waals surface area contributed by atoms with E-state index in [1.807, 2.05) is 12.1 Å². The van der Waals surface area contributed by atoms with E-state index >= 15 is 0 Å². The average Bonchev–Trinajstić information content (AvgIpc) is 3.16. The summed E-state index contributed by atoms with van der Waals surface area (Å²) in [5.41, 5.74) is 1.19. The molecule has 4 aromatic rings. The molecule has 0 radical (unpaired) electrons.